The van der Waals surface area contributed by atoms with Crippen molar-refractivity contribution >= 4 is 52.1 Å². The minimum atomic E-state index is -0.833. The number of methoxy groups -OCH3 is 1. The number of carbonyl (C=O) groups excluding carboxylic acids is 3. The van der Waals surface area contributed by atoms with Crippen LogP contribution in [0.1, 0.15) is 28.4 Å². The minimum absolute atomic E-state index is 0.0444. The summed E-state index contributed by atoms with van der Waals surface area (Å²) in [6.07, 6.45) is 0. The number of piperazine rings is 1. The Balaban J connectivity index is 0.00000104. The normalized spacial score (nSPS) is 15.7. The average Bonchev–Trinajstić information content (AvgIpc) is 3.35. The highest BCUT2D eigenvalue weighted by Crippen LogP contribution is 2.38. The average molecular weight is 600 g/mol. The summed E-state index contributed by atoms with van der Waals surface area (Å²) in [5.41, 5.74) is 5.10. The second-order valence-electron chi connectivity index (χ2n) is 10.5. The van der Waals surface area contributed by atoms with Gasteiger partial charge in [-0.15, -0.1) is 0 Å². The van der Waals surface area contributed by atoms with Gasteiger partial charge in [0.05, 0.1) is 36.2 Å². The lowest BCUT2D eigenvalue weighted by Gasteiger charge is -2.32. The van der Waals surface area contributed by atoms with E-state index in [2.05, 4.69) is 27.5 Å². The standard InChI is InChI=1S/C31H33N5O4.C2H4O2/c1-34-15-17-36(18-16-34)20-27(37)35(2)24-12-10-23(11-13-24)32-29(21-7-5-4-6-8-21)28-25-14-9-22(31(39)40-3)19-26(25)33-30(28)38;1-2(3)4/h4-14,19,32H,15-18,20H2,1-3H3,(H,33,38);1H3,(H,3,4)/b29-28-;. The van der Waals surface area contributed by atoms with Crippen LogP contribution in [-0.2, 0) is 19.1 Å². The zero-order valence-corrected chi connectivity index (χ0v) is 25.3. The van der Waals surface area contributed by atoms with Gasteiger partial charge < -0.3 is 30.3 Å². The Morgan fingerprint density at radius 1 is 0.955 bits per heavy atom. The first-order valence-corrected chi connectivity index (χ1v) is 14.1. The Labute approximate surface area is 256 Å². The quantitative estimate of drug-likeness (QED) is 0.275. The zero-order chi connectivity index (χ0) is 31.8. The lowest BCUT2D eigenvalue weighted by atomic mass is 9.99. The van der Waals surface area contributed by atoms with Gasteiger partial charge in [-0.1, -0.05) is 36.4 Å². The third kappa shape index (κ3) is 7.88. The zero-order valence-electron chi connectivity index (χ0n) is 25.3. The molecule has 0 spiro atoms. The van der Waals surface area contributed by atoms with E-state index in [1.54, 1.807) is 30.1 Å². The molecule has 5 rings (SSSR count). The van der Waals surface area contributed by atoms with E-state index in [4.69, 9.17) is 14.6 Å². The van der Waals surface area contributed by atoms with Crippen molar-refractivity contribution in [3.05, 3.63) is 89.5 Å². The lowest BCUT2D eigenvalue weighted by Crippen LogP contribution is -2.48. The van der Waals surface area contributed by atoms with Crippen molar-refractivity contribution < 1.29 is 29.0 Å². The number of carboxylic acid groups (broad SMARTS) is 1. The summed E-state index contributed by atoms with van der Waals surface area (Å²) in [6.45, 7) is 5.17. The van der Waals surface area contributed by atoms with Gasteiger partial charge in [-0.25, -0.2) is 4.79 Å². The summed E-state index contributed by atoms with van der Waals surface area (Å²) >= 11 is 0. The first-order chi connectivity index (χ1) is 21.1. The van der Waals surface area contributed by atoms with Crippen LogP contribution in [0.5, 0.6) is 0 Å². The first kappa shape index (κ1) is 31.9. The monoisotopic (exact) mass is 599 g/mol. The summed E-state index contributed by atoms with van der Waals surface area (Å²) < 4.78 is 4.82. The van der Waals surface area contributed by atoms with Crippen molar-refractivity contribution in [2.75, 3.05) is 69.5 Å². The van der Waals surface area contributed by atoms with Crippen molar-refractivity contribution in [1.82, 2.24) is 9.80 Å². The fraction of sp³-hybridized carbons (Fsp3) is 0.273. The highest BCUT2D eigenvalue weighted by atomic mass is 16.5. The number of likely N-dealkylation sites (N-methyl/N-ethyl adjacent to an activating group) is 2. The molecule has 11 heteroatoms. The molecule has 230 valence electrons. The molecule has 3 aromatic carbocycles. The molecule has 0 saturated carbocycles. The van der Waals surface area contributed by atoms with Crippen LogP contribution in [0.3, 0.4) is 0 Å². The fourth-order valence-corrected chi connectivity index (χ4v) is 4.91. The molecule has 3 aromatic rings. The summed E-state index contributed by atoms with van der Waals surface area (Å²) in [5.74, 6) is -1.53. The number of rotatable bonds is 7. The van der Waals surface area contributed by atoms with Crippen molar-refractivity contribution in [3.8, 4) is 0 Å². The summed E-state index contributed by atoms with van der Waals surface area (Å²) in [4.78, 5) is 53.3. The molecule has 0 aliphatic carbocycles. The summed E-state index contributed by atoms with van der Waals surface area (Å²) in [6, 6.07) is 22.2. The van der Waals surface area contributed by atoms with Crippen LogP contribution >= 0.6 is 0 Å². The lowest BCUT2D eigenvalue weighted by molar-refractivity contribution is -0.134. The summed E-state index contributed by atoms with van der Waals surface area (Å²) in [5, 5.41) is 13.7. The Morgan fingerprint density at radius 2 is 1.59 bits per heavy atom. The molecule has 0 unspecified atom stereocenters. The van der Waals surface area contributed by atoms with Crippen LogP contribution in [0, 0.1) is 0 Å². The topological polar surface area (TPSA) is 132 Å². The van der Waals surface area contributed by atoms with Gasteiger partial charge in [0.1, 0.15) is 0 Å². The molecule has 0 aromatic heterocycles. The smallest absolute Gasteiger partial charge is 0.337 e. The molecule has 2 aliphatic rings. The number of esters is 1. The molecular formula is C33H37N5O6. The fourth-order valence-electron chi connectivity index (χ4n) is 4.91. The van der Waals surface area contributed by atoms with Crippen molar-refractivity contribution in [2.45, 2.75) is 6.92 Å². The molecule has 11 nitrogen and oxygen atoms in total. The highest BCUT2D eigenvalue weighted by molar-refractivity contribution is 6.37. The number of benzene rings is 3. The molecule has 0 radical (unpaired) electrons. The molecule has 2 heterocycles. The van der Waals surface area contributed by atoms with Crippen molar-refractivity contribution in [3.63, 3.8) is 0 Å². The first-order valence-electron chi connectivity index (χ1n) is 14.1. The molecule has 0 bridgehead atoms. The van der Waals surface area contributed by atoms with Crippen molar-refractivity contribution in [1.29, 1.82) is 0 Å². The number of fused-ring (bicyclic) bond motifs is 1. The molecule has 44 heavy (non-hydrogen) atoms. The SMILES string of the molecule is CC(=O)O.COC(=O)c1ccc2c(c1)NC(=O)/C2=C(\Nc1ccc(N(C)C(=O)CN2CCN(C)CC2)cc1)c1ccccc1. The van der Waals surface area contributed by atoms with E-state index in [-0.39, 0.29) is 11.8 Å². The van der Waals surface area contributed by atoms with E-state index >= 15 is 0 Å². The van der Waals surface area contributed by atoms with Gasteiger partial charge in [0.2, 0.25) is 5.91 Å². The maximum Gasteiger partial charge on any atom is 0.337 e. The van der Waals surface area contributed by atoms with Crippen LogP contribution in [0.25, 0.3) is 11.3 Å². The highest BCUT2D eigenvalue weighted by Gasteiger charge is 2.29. The van der Waals surface area contributed by atoms with Crippen molar-refractivity contribution in [2.24, 2.45) is 0 Å². The minimum Gasteiger partial charge on any atom is -0.481 e. The third-order valence-corrected chi connectivity index (χ3v) is 7.35. The van der Waals surface area contributed by atoms with E-state index in [1.807, 2.05) is 54.6 Å². The maximum atomic E-state index is 13.2. The Bertz CT molecular complexity index is 1540. The van der Waals surface area contributed by atoms with Crippen LogP contribution in [-0.4, -0.2) is 92.6 Å². The molecule has 2 aliphatic heterocycles. The number of carbonyl (C=O) groups is 4. The van der Waals surface area contributed by atoms with E-state index < -0.39 is 11.9 Å². The van der Waals surface area contributed by atoms with Crippen LogP contribution in [0.15, 0.2) is 72.8 Å². The predicted molar refractivity (Wildman–Crippen MR) is 170 cm³/mol. The number of nitrogens with zero attached hydrogens (tertiary/aromatic N) is 3. The van der Waals surface area contributed by atoms with E-state index in [9.17, 15) is 14.4 Å². The second-order valence-corrected chi connectivity index (χ2v) is 10.5. The van der Waals surface area contributed by atoms with E-state index in [1.165, 1.54) is 7.11 Å². The Kier molecular flexibility index (Phi) is 10.5. The third-order valence-electron chi connectivity index (χ3n) is 7.35. The Hall–Kier alpha value is -5.00. The number of aliphatic carboxylic acids is 1. The number of carboxylic acids is 1. The molecule has 1 saturated heterocycles. The number of nitrogens with one attached hydrogen (secondary N) is 2. The maximum absolute atomic E-state index is 13.2. The molecular weight excluding hydrogens is 562 g/mol. The number of anilines is 3. The molecule has 1 fully saturated rings. The van der Waals surface area contributed by atoms with Gasteiger partial charge >= 0.3 is 5.97 Å². The number of amides is 2. The molecule has 3 N–H and O–H groups in total. The van der Waals surface area contributed by atoms with Gasteiger partial charge in [-0.05, 0) is 49.0 Å². The number of ether oxygens (including phenoxy) is 1. The van der Waals surface area contributed by atoms with E-state index in [0.29, 0.717) is 34.6 Å². The number of hydrogen-bond acceptors (Lipinski definition) is 8. The van der Waals surface area contributed by atoms with Gasteiger partial charge in [0.15, 0.2) is 0 Å². The second kappa shape index (κ2) is 14.5. The van der Waals surface area contributed by atoms with Gasteiger partial charge in [-0.3, -0.25) is 19.3 Å². The van der Waals surface area contributed by atoms with Crippen LogP contribution < -0.4 is 15.5 Å². The summed E-state index contributed by atoms with van der Waals surface area (Å²) in [7, 11) is 5.21. The molecule has 0 atom stereocenters. The largest absolute Gasteiger partial charge is 0.481 e. The molecule has 2 amide bonds. The number of hydrogen-bond donors (Lipinski definition) is 3. The van der Waals surface area contributed by atoms with Crippen LogP contribution in [0.2, 0.25) is 0 Å². The van der Waals surface area contributed by atoms with E-state index in [0.717, 1.165) is 50.0 Å². The van der Waals surface area contributed by atoms with Crippen LogP contribution in [0.4, 0.5) is 17.1 Å². The van der Waals surface area contributed by atoms with Gasteiger partial charge in [0.25, 0.3) is 11.9 Å². The van der Waals surface area contributed by atoms with Gasteiger partial charge in [-0.2, -0.15) is 0 Å². The van der Waals surface area contributed by atoms with Gasteiger partial charge in [0, 0.05) is 57.1 Å². The predicted octanol–water partition coefficient (Wildman–Crippen LogP) is 3.71. The Morgan fingerprint density at radius 3 is 2.20 bits per heavy atom.